The first kappa shape index (κ1) is 15.9. The summed E-state index contributed by atoms with van der Waals surface area (Å²) in [5, 5.41) is 0. The van der Waals surface area contributed by atoms with Gasteiger partial charge in [-0.15, -0.1) is 0 Å². The quantitative estimate of drug-likeness (QED) is 0.776. The highest BCUT2D eigenvalue weighted by atomic mass is 16.5. The summed E-state index contributed by atoms with van der Waals surface area (Å²) in [6.07, 6.45) is 1.17. The molecule has 0 amide bonds. The Hall–Kier alpha value is -1.15. The number of carbonyl (C=O) groups is 1. The molecular formula is C17H26O2. The normalized spacial score (nSPS) is 14.2. The molecule has 0 aliphatic carbocycles. The Kier molecular flexibility index (Phi) is 5.30. The minimum absolute atomic E-state index is 0.173. The van der Waals surface area contributed by atoms with Crippen LogP contribution in [0.3, 0.4) is 0 Å². The van der Waals surface area contributed by atoms with Crippen LogP contribution in [0, 0.1) is 20.8 Å². The molecule has 19 heavy (non-hydrogen) atoms. The highest BCUT2D eigenvalue weighted by Crippen LogP contribution is 2.23. The van der Waals surface area contributed by atoms with Crippen LogP contribution in [0.5, 0.6) is 0 Å². The molecule has 0 radical (unpaired) electrons. The average molecular weight is 262 g/mol. The zero-order valence-corrected chi connectivity index (χ0v) is 13.1. The van der Waals surface area contributed by atoms with Gasteiger partial charge in [-0.2, -0.15) is 0 Å². The van der Waals surface area contributed by atoms with Gasteiger partial charge in [0.15, 0.2) is 5.78 Å². The van der Waals surface area contributed by atoms with Gasteiger partial charge in [-0.3, -0.25) is 4.79 Å². The van der Waals surface area contributed by atoms with Gasteiger partial charge < -0.3 is 4.74 Å². The molecule has 0 aromatic heterocycles. The molecule has 1 unspecified atom stereocenters. The third-order valence-electron chi connectivity index (χ3n) is 3.91. The molecule has 1 aromatic rings. The molecule has 0 fully saturated rings. The van der Waals surface area contributed by atoms with E-state index in [1.165, 1.54) is 16.7 Å². The van der Waals surface area contributed by atoms with E-state index < -0.39 is 5.60 Å². The van der Waals surface area contributed by atoms with Crippen molar-refractivity contribution < 1.29 is 9.53 Å². The maximum absolute atomic E-state index is 12.5. The van der Waals surface area contributed by atoms with Gasteiger partial charge in [0.05, 0.1) is 0 Å². The standard InChI is InChI=1S/C17H26O2/c1-7-17(6,19-8-2)16(18)11-15-13(4)9-12(3)10-14(15)5/h9-10H,7-8,11H2,1-6H3. The monoisotopic (exact) mass is 262 g/mol. The number of carbonyl (C=O) groups excluding carboxylic acids is 1. The molecule has 0 bridgehead atoms. The number of hydrogen-bond donors (Lipinski definition) is 0. The summed E-state index contributed by atoms with van der Waals surface area (Å²) < 4.78 is 5.67. The summed E-state index contributed by atoms with van der Waals surface area (Å²) in [5.41, 5.74) is 4.13. The Morgan fingerprint density at radius 2 is 1.68 bits per heavy atom. The van der Waals surface area contributed by atoms with Gasteiger partial charge in [-0.1, -0.05) is 24.6 Å². The summed E-state index contributed by atoms with van der Waals surface area (Å²) in [5.74, 6) is 0.173. The Bertz CT molecular complexity index is 439. The van der Waals surface area contributed by atoms with E-state index in [1.54, 1.807) is 0 Å². The van der Waals surface area contributed by atoms with Crippen molar-refractivity contribution in [2.75, 3.05) is 6.61 Å². The molecule has 0 saturated carbocycles. The SMILES string of the molecule is CCOC(C)(CC)C(=O)Cc1c(C)cc(C)cc1C. The van der Waals surface area contributed by atoms with Crippen molar-refractivity contribution in [1.29, 1.82) is 0 Å². The summed E-state index contributed by atoms with van der Waals surface area (Å²) in [7, 11) is 0. The third kappa shape index (κ3) is 3.66. The first-order valence-electron chi connectivity index (χ1n) is 7.08. The topological polar surface area (TPSA) is 26.3 Å². The molecule has 0 spiro atoms. The first-order chi connectivity index (χ1) is 8.84. The Balaban J connectivity index is 3.00. The van der Waals surface area contributed by atoms with Gasteiger partial charge >= 0.3 is 0 Å². The number of benzene rings is 1. The van der Waals surface area contributed by atoms with Crippen molar-refractivity contribution in [3.05, 3.63) is 34.4 Å². The van der Waals surface area contributed by atoms with Gasteiger partial charge in [0.1, 0.15) is 5.60 Å². The maximum atomic E-state index is 12.5. The highest BCUT2D eigenvalue weighted by Gasteiger charge is 2.31. The van der Waals surface area contributed by atoms with Gasteiger partial charge in [-0.05, 0) is 57.7 Å². The Morgan fingerprint density at radius 3 is 2.11 bits per heavy atom. The molecule has 106 valence electrons. The molecule has 1 aromatic carbocycles. The van der Waals surface area contributed by atoms with Crippen LogP contribution in [0.25, 0.3) is 0 Å². The lowest BCUT2D eigenvalue weighted by Crippen LogP contribution is -2.39. The van der Waals surface area contributed by atoms with E-state index >= 15 is 0 Å². The number of aryl methyl sites for hydroxylation is 3. The van der Waals surface area contributed by atoms with E-state index in [0.717, 1.165) is 5.56 Å². The summed E-state index contributed by atoms with van der Waals surface area (Å²) in [6.45, 7) is 12.6. The minimum atomic E-state index is -0.654. The highest BCUT2D eigenvalue weighted by molar-refractivity contribution is 5.89. The van der Waals surface area contributed by atoms with Gasteiger partial charge in [-0.25, -0.2) is 0 Å². The van der Waals surface area contributed by atoms with Gasteiger partial charge in [0.25, 0.3) is 0 Å². The molecule has 1 atom stereocenters. The fourth-order valence-electron chi connectivity index (χ4n) is 2.53. The molecule has 0 N–H and O–H groups in total. The fraction of sp³-hybridized carbons (Fsp3) is 0.588. The molecule has 1 rings (SSSR count). The van der Waals surface area contributed by atoms with Crippen molar-refractivity contribution in [2.45, 2.75) is 60.0 Å². The van der Waals surface area contributed by atoms with Crippen molar-refractivity contribution in [1.82, 2.24) is 0 Å². The lowest BCUT2D eigenvalue weighted by molar-refractivity contribution is -0.141. The van der Waals surface area contributed by atoms with Crippen LogP contribution in [0.1, 0.15) is 49.4 Å². The second-order valence-corrected chi connectivity index (χ2v) is 5.49. The lowest BCUT2D eigenvalue weighted by Gasteiger charge is -2.27. The number of hydrogen-bond acceptors (Lipinski definition) is 2. The van der Waals surface area contributed by atoms with Crippen molar-refractivity contribution in [3.63, 3.8) is 0 Å². The van der Waals surface area contributed by atoms with Crippen molar-refractivity contribution in [2.24, 2.45) is 0 Å². The summed E-state index contributed by atoms with van der Waals surface area (Å²) >= 11 is 0. The molecular weight excluding hydrogens is 236 g/mol. The Labute approximate surface area is 117 Å². The summed E-state index contributed by atoms with van der Waals surface area (Å²) in [4.78, 5) is 12.5. The fourth-order valence-corrected chi connectivity index (χ4v) is 2.53. The van der Waals surface area contributed by atoms with Crippen LogP contribution in [0.4, 0.5) is 0 Å². The van der Waals surface area contributed by atoms with Crippen LogP contribution >= 0.6 is 0 Å². The minimum Gasteiger partial charge on any atom is -0.368 e. The van der Waals surface area contributed by atoms with E-state index in [4.69, 9.17) is 4.74 Å². The van der Waals surface area contributed by atoms with Crippen LogP contribution < -0.4 is 0 Å². The average Bonchev–Trinajstić information content (AvgIpc) is 2.33. The van der Waals surface area contributed by atoms with E-state index in [0.29, 0.717) is 19.4 Å². The van der Waals surface area contributed by atoms with E-state index in [-0.39, 0.29) is 5.78 Å². The molecule has 2 nitrogen and oxygen atoms in total. The first-order valence-corrected chi connectivity index (χ1v) is 7.08. The predicted octanol–water partition coefficient (Wildman–Crippen LogP) is 3.93. The molecule has 0 aliphatic rings. The number of ketones is 1. The molecule has 0 heterocycles. The second kappa shape index (κ2) is 6.33. The van der Waals surface area contributed by atoms with Crippen LogP contribution in [0.2, 0.25) is 0 Å². The third-order valence-corrected chi connectivity index (χ3v) is 3.91. The second-order valence-electron chi connectivity index (χ2n) is 5.49. The van der Waals surface area contributed by atoms with E-state index in [2.05, 4.69) is 32.9 Å². The molecule has 0 saturated heterocycles. The lowest BCUT2D eigenvalue weighted by atomic mass is 9.88. The number of rotatable bonds is 6. The van der Waals surface area contributed by atoms with Crippen molar-refractivity contribution >= 4 is 5.78 Å². The maximum Gasteiger partial charge on any atom is 0.168 e. The van der Waals surface area contributed by atoms with Crippen LogP contribution in [-0.4, -0.2) is 18.0 Å². The molecule has 0 aliphatic heterocycles. The summed E-state index contributed by atoms with van der Waals surface area (Å²) in [6, 6.07) is 4.28. The van der Waals surface area contributed by atoms with Gasteiger partial charge in [0, 0.05) is 13.0 Å². The Morgan fingerprint density at radius 1 is 1.16 bits per heavy atom. The molecule has 2 heteroatoms. The van der Waals surface area contributed by atoms with Crippen LogP contribution in [-0.2, 0) is 16.0 Å². The zero-order chi connectivity index (χ0) is 14.6. The predicted molar refractivity (Wildman–Crippen MR) is 79.7 cm³/mol. The van der Waals surface area contributed by atoms with Gasteiger partial charge in [0.2, 0.25) is 0 Å². The van der Waals surface area contributed by atoms with Crippen molar-refractivity contribution in [3.8, 4) is 0 Å². The zero-order valence-electron chi connectivity index (χ0n) is 13.1. The van der Waals surface area contributed by atoms with Crippen LogP contribution in [0.15, 0.2) is 12.1 Å². The van der Waals surface area contributed by atoms with E-state index in [9.17, 15) is 4.79 Å². The largest absolute Gasteiger partial charge is 0.368 e. The smallest absolute Gasteiger partial charge is 0.168 e. The number of Topliss-reactive ketones (excluding diaryl/α,β-unsaturated/α-hetero) is 1. The number of ether oxygens (including phenoxy) is 1. The van der Waals surface area contributed by atoms with E-state index in [1.807, 2.05) is 20.8 Å².